The number of Topliss-reactive ketones (excluding diaryl/α,β-unsaturated/α-hetero) is 1. The maximum absolute atomic E-state index is 12.0. The Balaban J connectivity index is 1.89. The van der Waals surface area contributed by atoms with E-state index in [1.165, 1.54) is 11.8 Å². The zero-order valence-electron chi connectivity index (χ0n) is 12.7. The van der Waals surface area contributed by atoms with Crippen LogP contribution >= 0.6 is 11.8 Å². The van der Waals surface area contributed by atoms with Gasteiger partial charge in [-0.2, -0.15) is 5.26 Å². The summed E-state index contributed by atoms with van der Waals surface area (Å²) in [5.74, 6) is -2.86. The molecular formula is C16H15N3O4S. The first-order valence-electron chi connectivity index (χ1n) is 7.01. The van der Waals surface area contributed by atoms with Gasteiger partial charge in [-0.1, -0.05) is 18.7 Å². The zero-order chi connectivity index (χ0) is 17.7. The monoisotopic (exact) mass is 345 g/mol. The van der Waals surface area contributed by atoms with E-state index in [9.17, 15) is 14.4 Å². The van der Waals surface area contributed by atoms with Crippen LogP contribution in [0.1, 0.15) is 6.42 Å². The standard InChI is InChI=1S/C16H15N3O4S/c1-9(18)10(7-17)12(20)8-23-15(21)6-14-16(22)19-11-4-2-3-5-13(11)24-14/h2-5,10,14H,1,6,8,18H2,(H,19,22)/t10-,14+/m1/s1. The van der Waals surface area contributed by atoms with Crippen molar-refractivity contribution in [3.05, 3.63) is 36.5 Å². The highest BCUT2D eigenvalue weighted by Gasteiger charge is 2.30. The quantitative estimate of drug-likeness (QED) is 0.743. The number of hydrogen-bond donors (Lipinski definition) is 2. The summed E-state index contributed by atoms with van der Waals surface area (Å²) < 4.78 is 4.85. The molecule has 0 saturated heterocycles. The first kappa shape index (κ1) is 17.6. The molecular weight excluding hydrogens is 330 g/mol. The van der Waals surface area contributed by atoms with Gasteiger partial charge >= 0.3 is 5.97 Å². The van der Waals surface area contributed by atoms with Crippen molar-refractivity contribution in [3.8, 4) is 6.07 Å². The molecule has 0 bridgehead atoms. The number of carbonyl (C=O) groups is 3. The van der Waals surface area contributed by atoms with Crippen LogP contribution in [0, 0.1) is 17.2 Å². The second-order valence-electron chi connectivity index (χ2n) is 5.06. The van der Waals surface area contributed by atoms with Crippen molar-refractivity contribution in [1.29, 1.82) is 5.26 Å². The normalized spacial score (nSPS) is 17.0. The number of nitrogens with one attached hydrogen (secondary N) is 1. The average molecular weight is 345 g/mol. The van der Waals surface area contributed by atoms with Crippen LogP contribution in [0.15, 0.2) is 41.4 Å². The molecule has 8 heteroatoms. The Kier molecular flexibility index (Phi) is 5.60. The number of hydrogen-bond acceptors (Lipinski definition) is 7. The highest BCUT2D eigenvalue weighted by atomic mass is 32.2. The number of benzene rings is 1. The largest absolute Gasteiger partial charge is 0.458 e. The number of esters is 1. The number of allylic oxidation sites excluding steroid dienone is 1. The molecule has 1 heterocycles. The number of para-hydroxylation sites is 1. The van der Waals surface area contributed by atoms with Crippen molar-refractivity contribution in [1.82, 2.24) is 0 Å². The van der Waals surface area contributed by atoms with Gasteiger partial charge in [0.15, 0.2) is 12.4 Å². The molecule has 1 aliphatic rings. The van der Waals surface area contributed by atoms with Crippen LogP contribution in [-0.2, 0) is 19.1 Å². The van der Waals surface area contributed by atoms with E-state index in [0.29, 0.717) is 5.69 Å². The van der Waals surface area contributed by atoms with Crippen molar-refractivity contribution < 1.29 is 19.1 Å². The van der Waals surface area contributed by atoms with Gasteiger partial charge in [-0.3, -0.25) is 14.4 Å². The summed E-state index contributed by atoms with van der Waals surface area (Å²) in [6, 6.07) is 8.94. The number of nitrogens with two attached hydrogens (primary N) is 1. The maximum Gasteiger partial charge on any atom is 0.307 e. The molecule has 1 aromatic rings. The lowest BCUT2D eigenvalue weighted by atomic mass is 10.0. The lowest BCUT2D eigenvalue weighted by Crippen LogP contribution is -2.32. The van der Waals surface area contributed by atoms with Crippen molar-refractivity contribution in [2.45, 2.75) is 16.6 Å². The number of ether oxygens (including phenoxy) is 1. The summed E-state index contributed by atoms with van der Waals surface area (Å²) in [5, 5.41) is 10.9. The van der Waals surface area contributed by atoms with Crippen molar-refractivity contribution in [3.63, 3.8) is 0 Å². The summed E-state index contributed by atoms with van der Waals surface area (Å²) >= 11 is 1.26. The van der Waals surface area contributed by atoms with E-state index in [0.717, 1.165) is 4.90 Å². The highest BCUT2D eigenvalue weighted by molar-refractivity contribution is 8.01. The molecule has 0 spiro atoms. The van der Waals surface area contributed by atoms with E-state index in [-0.39, 0.29) is 18.0 Å². The second-order valence-corrected chi connectivity index (χ2v) is 6.30. The van der Waals surface area contributed by atoms with Gasteiger partial charge in [-0.15, -0.1) is 11.8 Å². The van der Waals surface area contributed by atoms with E-state index in [1.54, 1.807) is 18.2 Å². The van der Waals surface area contributed by atoms with E-state index in [4.69, 9.17) is 15.7 Å². The number of carbonyl (C=O) groups excluding carboxylic acids is 3. The minimum atomic E-state index is -1.21. The van der Waals surface area contributed by atoms with Gasteiger partial charge in [0.2, 0.25) is 5.91 Å². The van der Waals surface area contributed by atoms with E-state index < -0.39 is 29.5 Å². The molecule has 124 valence electrons. The topological polar surface area (TPSA) is 122 Å². The highest BCUT2D eigenvalue weighted by Crippen LogP contribution is 2.36. The Morgan fingerprint density at radius 1 is 1.46 bits per heavy atom. The Morgan fingerprint density at radius 3 is 2.83 bits per heavy atom. The van der Waals surface area contributed by atoms with Crippen molar-refractivity contribution >= 4 is 35.1 Å². The Morgan fingerprint density at radius 2 is 2.17 bits per heavy atom. The van der Waals surface area contributed by atoms with Crippen LogP contribution in [0.25, 0.3) is 0 Å². The number of nitriles is 1. The van der Waals surface area contributed by atoms with E-state index >= 15 is 0 Å². The number of fused-ring (bicyclic) bond motifs is 1. The summed E-state index contributed by atoms with van der Waals surface area (Å²) in [7, 11) is 0. The minimum Gasteiger partial charge on any atom is -0.458 e. The second kappa shape index (κ2) is 7.66. The van der Waals surface area contributed by atoms with Crippen LogP contribution in [-0.4, -0.2) is 29.5 Å². The van der Waals surface area contributed by atoms with Gasteiger partial charge in [-0.05, 0) is 12.1 Å². The average Bonchev–Trinajstić information content (AvgIpc) is 2.54. The molecule has 0 radical (unpaired) electrons. The SMILES string of the molecule is C=C(N)[C@@H](C#N)C(=O)COC(=O)C[C@@H]1Sc2ccccc2NC1=O. The lowest BCUT2D eigenvalue weighted by molar-refractivity contribution is -0.148. The third-order valence-corrected chi connectivity index (χ3v) is 4.53. The number of rotatable bonds is 6. The summed E-state index contributed by atoms with van der Waals surface area (Å²) in [6.45, 7) is 2.76. The van der Waals surface area contributed by atoms with E-state index in [2.05, 4.69) is 11.9 Å². The molecule has 7 nitrogen and oxygen atoms in total. The van der Waals surface area contributed by atoms with E-state index in [1.807, 2.05) is 12.1 Å². The molecule has 0 aromatic heterocycles. The van der Waals surface area contributed by atoms with Gasteiger partial charge < -0.3 is 15.8 Å². The molecule has 0 fully saturated rings. The lowest BCUT2D eigenvalue weighted by Gasteiger charge is -2.23. The van der Waals surface area contributed by atoms with Crippen LogP contribution in [0.4, 0.5) is 5.69 Å². The van der Waals surface area contributed by atoms with Gasteiger partial charge in [0.25, 0.3) is 0 Å². The molecule has 0 unspecified atom stereocenters. The molecule has 1 aromatic carbocycles. The fourth-order valence-corrected chi connectivity index (χ4v) is 3.13. The molecule has 0 aliphatic carbocycles. The van der Waals surface area contributed by atoms with Gasteiger partial charge in [0.05, 0.1) is 23.4 Å². The predicted octanol–water partition coefficient (Wildman–Crippen LogP) is 1.21. The third-order valence-electron chi connectivity index (χ3n) is 3.26. The zero-order valence-corrected chi connectivity index (χ0v) is 13.5. The van der Waals surface area contributed by atoms with Crippen LogP contribution < -0.4 is 11.1 Å². The van der Waals surface area contributed by atoms with Gasteiger partial charge in [0.1, 0.15) is 5.92 Å². The molecule has 0 saturated carbocycles. The Hall–Kier alpha value is -2.79. The molecule has 24 heavy (non-hydrogen) atoms. The maximum atomic E-state index is 12.0. The number of thioether (sulfide) groups is 1. The van der Waals surface area contributed by atoms with Crippen LogP contribution in [0.2, 0.25) is 0 Å². The number of anilines is 1. The van der Waals surface area contributed by atoms with Crippen LogP contribution in [0.3, 0.4) is 0 Å². The molecule has 1 aliphatic heterocycles. The first-order chi connectivity index (χ1) is 11.4. The fourth-order valence-electron chi connectivity index (χ4n) is 2.03. The van der Waals surface area contributed by atoms with Crippen LogP contribution in [0.5, 0.6) is 0 Å². The summed E-state index contributed by atoms with van der Waals surface area (Å²) in [6.07, 6.45) is -0.182. The minimum absolute atomic E-state index is 0.0997. The summed E-state index contributed by atoms with van der Waals surface area (Å²) in [4.78, 5) is 36.4. The van der Waals surface area contributed by atoms with Gasteiger partial charge in [0, 0.05) is 10.6 Å². The predicted molar refractivity (Wildman–Crippen MR) is 87.7 cm³/mol. The Labute approximate surface area is 142 Å². The molecule has 2 rings (SSSR count). The van der Waals surface area contributed by atoms with Crippen molar-refractivity contribution in [2.75, 3.05) is 11.9 Å². The number of ketones is 1. The summed E-state index contributed by atoms with van der Waals surface area (Å²) in [5.41, 5.74) is 5.93. The first-order valence-corrected chi connectivity index (χ1v) is 7.89. The third kappa shape index (κ3) is 4.14. The number of amides is 1. The molecule has 1 amide bonds. The smallest absolute Gasteiger partial charge is 0.307 e. The molecule has 3 N–H and O–H groups in total. The van der Waals surface area contributed by atoms with Crippen molar-refractivity contribution in [2.24, 2.45) is 11.7 Å². The fraction of sp³-hybridized carbons (Fsp3) is 0.250. The number of nitrogens with zero attached hydrogens (tertiary/aromatic N) is 1. The van der Waals surface area contributed by atoms with Gasteiger partial charge in [-0.25, -0.2) is 0 Å². The molecule has 2 atom stereocenters. The Bertz CT molecular complexity index is 741.